The van der Waals surface area contributed by atoms with Gasteiger partial charge in [-0.05, 0) is 42.5 Å². The van der Waals surface area contributed by atoms with E-state index in [1.165, 1.54) is 18.4 Å². The minimum atomic E-state index is -4.82. The maximum atomic E-state index is 12.2. The van der Waals surface area contributed by atoms with Crippen molar-refractivity contribution in [1.82, 2.24) is 15.1 Å². The fourth-order valence-corrected chi connectivity index (χ4v) is 2.47. The molecule has 0 fully saturated rings. The van der Waals surface area contributed by atoms with Crippen LogP contribution in [0.5, 0.6) is 5.75 Å². The second kappa shape index (κ2) is 8.50. The average molecular weight is 408 g/mol. The highest BCUT2D eigenvalue weighted by Gasteiger charge is 2.31. The Balaban J connectivity index is 1.57. The molecule has 0 saturated heterocycles. The second-order valence-corrected chi connectivity index (χ2v) is 5.75. The van der Waals surface area contributed by atoms with Gasteiger partial charge in [0.2, 0.25) is 0 Å². The van der Waals surface area contributed by atoms with Crippen LogP contribution in [-0.2, 0) is 9.59 Å². The van der Waals surface area contributed by atoms with Crippen LogP contribution >= 0.6 is 0 Å². The third-order valence-corrected chi connectivity index (χ3v) is 3.72. The van der Waals surface area contributed by atoms with E-state index in [-0.39, 0.29) is 12.2 Å². The summed E-state index contributed by atoms with van der Waals surface area (Å²) >= 11 is 0. The SMILES string of the molecule is O=C(NCC(c1ccco1)n1cccn1)C(=O)Nc1ccc(OC(F)(F)F)cc1. The molecule has 11 heteroatoms. The highest BCUT2D eigenvalue weighted by atomic mass is 19.4. The number of alkyl halides is 3. The molecule has 1 unspecified atom stereocenters. The number of benzene rings is 1. The van der Waals surface area contributed by atoms with Gasteiger partial charge in [0.1, 0.15) is 17.6 Å². The van der Waals surface area contributed by atoms with Crippen molar-refractivity contribution >= 4 is 17.5 Å². The van der Waals surface area contributed by atoms with Crippen molar-refractivity contribution < 1.29 is 31.9 Å². The van der Waals surface area contributed by atoms with Gasteiger partial charge in [-0.25, -0.2) is 0 Å². The fraction of sp³-hybridized carbons (Fsp3) is 0.167. The molecule has 2 heterocycles. The van der Waals surface area contributed by atoms with Gasteiger partial charge in [-0.1, -0.05) is 0 Å². The van der Waals surface area contributed by atoms with Crippen LogP contribution in [0.2, 0.25) is 0 Å². The second-order valence-electron chi connectivity index (χ2n) is 5.75. The quantitative estimate of drug-likeness (QED) is 0.611. The number of anilines is 1. The van der Waals surface area contributed by atoms with Gasteiger partial charge in [0.05, 0.1) is 6.26 Å². The number of amides is 2. The van der Waals surface area contributed by atoms with Gasteiger partial charge < -0.3 is 19.8 Å². The summed E-state index contributed by atoms with van der Waals surface area (Å²) in [6.07, 6.45) is -0.0864. The van der Waals surface area contributed by atoms with Crippen LogP contribution < -0.4 is 15.4 Å². The zero-order valence-corrected chi connectivity index (χ0v) is 14.7. The third-order valence-electron chi connectivity index (χ3n) is 3.72. The van der Waals surface area contributed by atoms with E-state index in [2.05, 4.69) is 20.5 Å². The highest BCUT2D eigenvalue weighted by molar-refractivity contribution is 6.39. The maximum Gasteiger partial charge on any atom is 0.573 e. The number of furan rings is 1. The van der Waals surface area contributed by atoms with Gasteiger partial charge in [0.15, 0.2) is 0 Å². The molecule has 0 aliphatic heterocycles. The number of carbonyl (C=O) groups is 2. The van der Waals surface area contributed by atoms with E-state index in [1.807, 2.05) is 0 Å². The summed E-state index contributed by atoms with van der Waals surface area (Å²) in [5.41, 5.74) is 0.134. The zero-order valence-electron chi connectivity index (χ0n) is 14.7. The summed E-state index contributed by atoms with van der Waals surface area (Å²) in [4.78, 5) is 24.1. The Hall–Kier alpha value is -3.76. The fourth-order valence-electron chi connectivity index (χ4n) is 2.47. The molecule has 29 heavy (non-hydrogen) atoms. The first-order valence-corrected chi connectivity index (χ1v) is 8.29. The number of carbonyl (C=O) groups excluding carboxylic acids is 2. The number of ether oxygens (including phenoxy) is 1. The molecule has 3 aromatic rings. The van der Waals surface area contributed by atoms with Gasteiger partial charge in [-0.15, -0.1) is 13.2 Å². The Morgan fingerprint density at radius 2 is 1.90 bits per heavy atom. The summed E-state index contributed by atoms with van der Waals surface area (Å²) in [6.45, 7) is 0.0276. The van der Waals surface area contributed by atoms with Gasteiger partial charge in [0.25, 0.3) is 0 Å². The monoisotopic (exact) mass is 408 g/mol. The molecule has 1 atom stereocenters. The minimum absolute atomic E-state index is 0.0276. The predicted molar refractivity (Wildman–Crippen MR) is 93.8 cm³/mol. The van der Waals surface area contributed by atoms with E-state index in [1.54, 1.807) is 35.3 Å². The van der Waals surface area contributed by atoms with Crippen molar-refractivity contribution in [3.8, 4) is 5.75 Å². The van der Waals surface area contributed by atoms with Crippen LogP contribution in [-0.4, -0.2) is 34.5 Å². The van der Waals surface area contributed by atoms with Crippen LogP contribution in [0.3, 0.4) is 0 Å². The molecule has 3 rings (SSSR count). The largest absolute Gasteiger partial charge is 0.573 e. The maximum absolute atomic E-state index is 12.2. The molecule has 0 aliphatic rings. The summed E-state index contributed by atoms with van der Waals surface area (Å²) in [6, 6.07) is 9.04. The number of aromatic nitrogens is 2. The molecule has 2 N–H and O–H groups in total. The van der Waals surface area contributed by atoms with Crippen molar-refractivity contribution in [2.75, 3.05) is 11.9 Å². The average Bonchev–Trinajstić information content (AvgIpc) is 3.36. The zero-order chi connectivity index (χ0) is 20.9. The molecule has 8 nitrogen and oxygen atoms in total. The molecule has 0 aliphatic carbocycles. The third kappa shape index (κ3) is 5.61. The van der Waals surface area contributed by atoms with E-state index in [4.69, 9.17) is 4.42 Å². The molecule has 2 amide bonds. The van der Waals surface area contributed by atoms with E-state index < -0.39 is 30.0 Å². The number of hydrogen-bond donors (Lipinski definition) is 2. The van der Waals surface area contributed by atoms with Crippen molar-refractivity contribution in [1.29, 1.82) is 0 Å². The smallest absolute Gasteiger partial charge is 0.467 e. The standard InChI is InChI=1S/C18H15F3N4O4/c19-18(20,21)29-13-6-4-12(5-7-13)24-17(27)16(26)22-11-14(15-3-1-10-28-15)25-9-2-8-23-25/h1-10,14H,11H2,(H,22,26)(H,24,27). The van der Waals surface area contributed by atoms with Crippen LogP contribution in [0.15, 0.2) is 65.5 Å². The molecule has 0 spiro atoms. The van der Waals surface area contributed by atoms with Crippen molar-refractivity contribution in [3.05, 3.63) is 66.9 Å². The van der Waals surface area contributed by atoms with Crippen LogP contribution in [0.25, 0.3) is 0 Å². The van der Waals surface area contributed by atoms with E-state index in [9.17, 15) is 22.8 Å². The molecule has 2 aromatic heterocycles. The summed E-state index contributed by atoms with van der Waals surface area (Å²) in [5.74, 6) is -1.81. The first-order chi connectivity index (χ1) is 13.8. The Kier molecular flexibility index (Phi) is 5.86. The number of nitrogens with zero attached hydrogens (tertiary/aromatic N) is 2. The minimum Gasteiger partial charge on any atom is -0.467 e. The van der Waals surface area contributed by atoms with Crippen molar-refractivity contribution in [2.45, 2.75) is 12.4 Å². The Bertz CT molecular complexity index is 904. The Morgan fingerprint density at radius 1 is 1.14 bits per heavy atom. The van der Waals surface area contributed by atoms with Gasteiger partial charge >= 0.3 is 18.2 Å². The first-order valence-electron chi connectivity index (χ1n) is 8.29. The molecule has 152 valence electrons. The highest BCUT2D eigenvalue weighted by Crippen LogP contribution is 2.24. The van der Waals surface area contributed by atoms with Crippen molar-refractivity contribution in [2.24, 2.45) is 0 Å². The van der Waals surface area contributed by atoms with Gasteiger partial charge in [-0.2, -0.15) is 5.10 Å². The molecule has 1 aromatic carbocycles. The lowest BCUT2D eigenvalue weighted by atomic mass is 10.2. The molecular weight excluding hydrogens is 393 g/mol. The summed E-state index contributed by atoms with van der Waals surface area (Å²) in [7, 11) is 0. The van der Waals surface area contributed by atoms with Gasteiger partial charge in [0, 0.05) is 24.6 Å². The lowest BCUT2D eigenvalue weighted by molar-refractivity contribution is -0.274. The van der Waals surface area contributed by atoms with Gasteiger partial charge in [-0.3, -0.25) is 14.3 Å². The number of halogens is 3. The number of rotatable bonds is 6. The lowest BCUT2D eigenvalue weighted by Gasteiger charge is -2.16. The molecular formula is C18H15F3N4O4. The lowest BCUT2D eigenvalue weighted by Crippen LogP contribution is -2.38. The van der Waals surface area contributed by atoms with E-state index >= 15 is 0 Å². The molecule has 0 bridgehead atoms. The normalized spacial score (nSPS) is 12.2. The van der Waals surface area contributed by atoms with E-state index in [0.29, 0.717) is 5.76 Å². The Labute approximate surface area is 162 Å². The first kappa shape index (κ1) is 20.0. The predicted octanol–water partition coefficient (Wildman–Crippen LogP) is 2.72. The number of nitrogens with one attached hydrogen (secondary N) is 2. The van der Waals surface area contributed by atoms with E-state index in [0.717, 1.165) is 12.1 Å². The molecule has 0 saturated carbocycles. The van der Waals surface area contributed by atoms with Crippen LogP contribution in [0.4, 0.5) is 18.9 Å². The molecule has 0 radical (unpaired) electrons. The van der Waals surface area contributed by atoms with Crippen molar-refractivity contribution in [3.63, 3.8) is 0 Å². The summed E-state index contributed by atoms with van der Waals surface area (Å²) < 4.78 is 47.1. The Morgan fingerprint density at radius 3 is 2.48 bits per heavy atom. The topological polar surface area (TPSA) is 98.4 Å². The van der Waals surface area contributed by atoms with Crippen LogP contribution in [0, 0.1) is 0 Å². The van der Waals surface area contributed by atoms with Crippen LogP contribution in [0.1, 0.15) is 11.8 Å². The summed E-state index contributed by atoms with van der Waals surface area (Å²) in [5, 5.41) is 8.88. The number of hydrogen-bond acceptors (Lipinski definition) is 5.